The Bertz CT molecular complexity index is 465. The number of amides is 1. The zero-order chi connectivity index (χ0) is 14.1. The summed E-state index contributed by atoms with van der Waals surface area (Å²) >= 11 is 11.9. The van der Waals surface area contributed by atoms with Gasteiger partial charge in [-0.2, -0.15) is 0 Å². The van der Waals surface area contributed by atoms with E-state index in [1.54, 1.807) is 32.0 Å². The van der Waals surface area contributed by atoms with Crippen LogP contribution >= 0.6 is 23.2 Å². The highest BCUT2D eigenvalue weighted by molar-refractivity contribution is 6.35. The van der Waals surface area contributed by atoms with Gasteiger partial charge in [0.25, 0.3) is 0 Å². The fourth-order valence-corrected chi connectivity index (χ4v) is 1.50. The molecule has 0 radical (unpaired) electrons. The second kappa shape index (κ2) is 5.08. The predicted molar refractivity (Wildman–Crippen MR) is 77.1 cm³/mol. The Labute approximate surface area is 118 Å². The molecule has 0 aliphatic carbocycles. The molecule has 0 aromatic heterocycles. The van der Waals surface area contributed by atoms with Crippen molar-refractivity contribution >= 4 is 34.8 Å². The number of rotatable bonds is 3. The summed E-state index contributed by atoms with van der Waals surface area (Å²) in [7, 11) is 0. The Morgan fingerprint density at radius 3 is 2.28 bits per heavy atom. The molecule has 0 fully saturated rings. The average molecular weight is 289 g/mol. The molecule has 0 bridgehead atoms. The van der Waals surface area contributed by atoms with Crippen molar-refractivity contribution in [1.82, 2.24) is 0 Å². The fraction of sp³-hybridized carbons (Fsp3) is 0.462. The van der Waals surface area contributed by atoms with Crippen LogP contribution in [0.25, 0.3) is 0 Å². The maximum atomic E-state index is 12.3. The highest BCUT2D eigenvalue weighted by Crippen LogP contribution is 2.32. The molecule has 0 unspecified atom stereocenters. The first-order valence-electron chi connectivity index (χ1n) is 5.61. The SMILES string of the molecule is CC(C)(N)C(C)(C)C(=O)Nc1cc(Cl)ccc1Cl. The Kier molecular flexibility index (Phi) is 4.31. The van der Waals surface area contributed by atoms with Crippen LogP contribution in [0.3, 0.4) is 0 Å². The molecule has 0 atom stereocenters. The molecule has 0 aliphatic rings. The molecule has 1 rings (SSSR count). The van der Waals surface area contributed by atoms with Gasteiger partial charge >= 0.3 is 0 Å². The first kappa shape index (κ1) is 15.3. The number of halogens is 2. The Morgan fingerprint density at radius 2 is 1.78 bits per heavy atom. The van der Waals surface area contributed by atoms with E-state index in [9.17, 15) is 4.79 Å². The molecule has 3 N–H and O–H groups in total. The van der Waals surface area contributed by atoms with Crippen LogP contribution in [0.5, 0.6) is 0 Å². The van der Waals surface area contributed by atoms with E-state index in [0.717, 1.165) is 0 Å². The van der Waals surface area contributed by atoms with Crippen LogP contribution in [0, 0.1) is 5.41 Å². The minimum absolute atomic E-state index is 0.195. The average Bonchev–Trinajstić information content (AvgIpc) is 2.21. The van der Waals surface area contributed by atoms with Crippen molar-refractivity contribution in [2.24, 2.45) is 11.1 Å². The second-order valence-electron chi connectivity index (χ2n) is 5.42. The van der Waals surface area contributed by atoms with Gasteiger partial charge in [0, 0.05) is 10.6 Å². The van der Waals surface area contributed by atoms with Gasteiger partial charge in [-0.25, -0.2) is 0 Å². The first-order chi connectivity index (χ1) is 8.05. The number of nitrogens with two attached hydrogens (primary N) is 1. The monoisotopic (exact) mass is 288 g/mol. The van der Waals surface area contributed by atoms with E-state index < -0.39 is 11.0 Å². The third-order valence-electron chi connectivity index (χ3n) is 3.36. The van der Waals surface area contributed by atoms with Gasteiger partial charge in [0.05, 0.1) is 16.1 Å². The fourth-order valence-electron chi connectivity index (χ4n) is 1.16. The van der Waals surface area contributed by atoms with Gasteiger partial charge in [0.1, 0.15) is 0 Å². The maximum absolute atomic E-state index is 12.3. The van der Waals surface area contributed by atoms with Gasteiger partial charge < -0.3 is 11.1 Å². The van der Waals surface area contributed by atoms with Crippen molar-refractivity contribution < 1.29 is 4.79 Å². The van der Waals surface area contributed by atoms with Crippen LogP contribution in [0.2, 0.25) is 10.0 Å². The lowest BCUT2D eigenvalue weighted by atomic mass is 9.74. The number of benzene rings is 1. The molecule has 0 heterocycles. The summed E-state index contributed by atoms with van der Waals surface area (Å²) in [5, 5.41) is 3.72. The normalized spacial score (nSPS) is 12.4. The van der Waals surface area contributed by atoms with Gasteiger partial charge in [0.15, 0.2) is 0 Å². The van der Waals surface area contributed by atoms with E-state index in [0.29, 0.717) is 15.7 Å². The van der Waals surface area contributed by atoms with E-state index in [4.69, 9.17) is 28.9 Å². The van der Waals surface area contributed by atoms with E-state index in [1.807, 2.05) is 13.8 Å². The smallest absolute Gasteiger partial charge is 0.231 e. The lowest BCUT2D eigenvalue weighted by Gasteiger charge is -2.36. The summed E-state index contributed by atoms with van der Waals surface area (Å²) in [6.45, 7) is 7.21. The minimum atomic E-state index is -0.737. The molecule has 0 saturated carbocycles. The van der Waals surface area contributed by atoms with Gasteiger partial charge in [-0.05, 0) is 45.9 Å². The highest BCUT2D eigenvalue weighted by Gasteiger charge is 2.40. The summed E-state index contributed by atoms with van der Waals surface area (Å²) in [5.41, 5.74) is 5.12. The number of nitrogens with one attached hydrogen (secondary N) is 1. The lowest BCUT2D eigenvalue weighted by Crippen LogP contribution is -2.53. The van der Waals surface area contributed by atoms with E-state index in [2.05, 4.69) is 5.32 Å². The molecule has 1 aromatic rings. The summed E-state index contributed by atoms with van der Waals surface area (Å²) in [6.07, 6.45) is 0. The third-order valence-corrected chi connectivity index (χ3v) is 3.92. The van der Waals surface area contributed by atoms with Crippen LogP contribution in [0.1, 0.15) is 27.7 Å². The number of hydrogen-bond acceptors (Lipinski definition) is 2. The lowest BCUT2D eigenvalue weighted by molar-refractivity contribution is -0.126. The molecule has 0 aliphatic heterocycles. The Morgan fingerprint density at radius 1 is 1.22 bits per heavy atom. The molecule has 5 heteroatoms. The van der Waals surface area contributed by atoms with Crippen molar-refractivity contribution in [3.05, 3.63) is 28.2 Å². The van der Waals surface area contributed by atoms with Crippen molar-refractivity contribution in [3.8, 4) is 0 Å². The maximum Gasteiger partial charge on any atom is 0.231 e. The Balaban J connectivity index is 2.98. The molecular formula is C13H18Cl2N2O. The minimum Gasteiger partial charge on any atom is -0.325 e. The molecule has 18 heavy (non-hydrogen) atoms. The van der Waals surface area contributed by atoms with Gasteiger partial charge in [0.2, 0.25) is 5.91 Å². The summed E-state index contributed by atoms with van der Waals surface area (Å²) in [5.74, 6) is -0.195. The largest absolute Gasteiger partial charge is 0.325 e. The summed E-state index contributed by atoms with van der Waals surface area (Å²) in [4.78, 5) is 12.3. The van der Waals surface area contributed by atoms with E-state index in [1.165, 1.54) is 0 Å². The molecular weight excluding hydrogens is 271 g/mol. The number of carbonyl (C=O) groups is 1. The molecule has 1 aromatic carbocycles. The van der Waals surface area contributed by atoms with Crippen molar-refractivity contribution in [2.75, 3.05) is 5.32 Å². The van der Waals surface area contributed by atoms with Crippen LogP contribution in [0.15, 0.2) is 18.2 Å². The van der Waals surface area contributed by atoms with E-state index >= 15 is 0 Å². The molecule has 1 amide bonds. The molecule has 100 valence electrons. The van der Waals surface area contributed by atoms with Crippen LogP contribution in [-0.2, 0) is 4.79 Å². The van der Waals surface area contributed by atoms with Gasteiger partial charge in [-0.15, -0.1) is 0 Å². The number of anilines is 1. The second-order valence-corrected chi connectivity index (χ2v) is 6.27. The predicted octanol–water partition coefficient (Wildman–Crippen LogP) is 3.70. The summed E-state index contributed by atoms with van der Waals surface area (Å²) < 4.78 is 0. The molecule has 0 saturated heterocycles. The highest BCUT2D eigenvalue weighted by atomic mass is 35.5. The van der Waals surface area contributed by atoms with Crippen LogP contribution < -0.4 is 11.1 Å². The van der Waals surface area contributed by atoms with E-state index in [-0.39, 0.29) is 5.91 Å². The van der Waals surface area contributed by atoms with Gasteiger partial charge in [-0.1, -0.05) is 23.2 Å². The van der Waals surface area contributed by atoms with Crippen LogP contribution in [-0.4, -0.2) is 11.4 Å². The van der Waals surface area contributed by atoms with Crippen molar-refractivity contribution in [1.29, 1.82) is 0 Å². The third kappa shape index (κ3) is 3.16. The summed E-state index contributed by atoms with van der Waals surface area (Å²) in [6, 6.07) is 4.92. The first-order valence-corrected chi connectivity index (χ1v) is 6.36. The van der Waals surface area contributed by atoms with Gasteiger partial charge in [-0.3, -0.25) is 4.79 Å². The van der Waals surface area contributed by atoms with Crippen LogP contribution in [0.4, 0.5) is 5.69 Å². The molecule has 3 nitrogen and oxygen atoms in total. The zero-order valence-electron chi connectivity index (χ0n) is 11.0. The van der Waals surface area contributed by atoms with Crippen molar-refractivity contribution in [2.45, 2.75) is 33.2 Å². The number of carbonyl (C=O) groups excluding carboxylic acids is 1. The topological polar surface area (TPSA) is 55.1 Å². The molecule has 0 spiro atoms. The number of hydrogen-bond donors (Lipinski definition) is 2. The standard InChI is InChI=1S/C13H18Cl2N2O/c1-12(2,13(3,4)16)11(18)17-10-7-8(14)5-6-9(10)15/h5-7H,16H2,1-4H3,(H,17,18). The zero-order valence-corrected chi connectivity index (χ0v) is 12.5. The Hall–Kier alpha value is -0.770. The quantitative estimate of drug-likeness (QED) is 0.891. The van der Waals surface area contributed by atoms with Crippen molar-refractivity contribution in [3.63, 3.8) is 0 Å².